The van der Waals surface area contributed by atoms with E-state index in [0.29, 0.717) is 44.0 Å². The molecule has 43 heavy (non-hydrogen) atoms. The number of pyridine rings is 1. The smallest absolute Gasteiger partial charge is 0.325 e. The molecule has 0 radical (unpaired) electrons. The quantitative estimate of drug-likeness (QED) is 0.227. The van der Waals surface area contributed by atoms with Gasteiger partial charge in [0.05, 0.1) is 33.0 Å². The summed E-state index contributed by atoms with van der Waals surface area (Å²) in [6.45, 7) is 5.46. The van der Waals surface area contributed by atoms with Crippen molar-refractivity contribution < 1.29 is 43.1 Å². The van der Waals surface area contributed by atoms with Crippen LogP contribution < -0.4 is 10.1 Å². The fourth-order valence-corrected chi connectivity index (χ4v) is 5.71. The first-order chi connectivity index (χ1) is 20.8. The van der Waals surface area contributed by atoms with E-state index in [1.54, 1.807) is 13.2 Å². The highest BCUT2D eigenvalue weighted by atomic mass is 19.1. The van der Waals surface area contributed by atoms with Crippen LogP contribution in [0.5, 0.6) is 5.75 Å². The molecule has 2 atom stereocenters. The number of rotatable bonds is 13. The van der Waals surface area contributed by atoms with Crippen LogP contribution in [0.25, 0.3) is 0 Å². The lowest BCUT2D eigenvalue weighted by Crippen LogP contribution is -2.49. The summed E-state index contributed by atoms with van der Waals surface area (Å²) in [6.07, 6.45) is 5.38. The maximum atomic E-state index is 14.3. The van der Waals surface area contributed by atoms with Crippen LogP contribution in [0.4, 0.5) is 10.2 Å². The van der Waals surface area contributed by atoms with Crippen molar-refractivity contribution in [2.45, 2.75) is 69.8 Å². The van der Waals surface area contributed by atoms with E-state index in [2.05, 4.69) is 5.32 Å². The van der Waals surface area contributed by atoms with Gasteiger partial charge < -0.3 is 34.5 Å². The highest BCUT2D eigenvalue weighted by Gasteiger charge is 2.37. The lowest BCUT2D eigenvalue weighted by atomic mass is 9.98. The van der Waals surface area contributed by atoms with Crippen LogP contribution >= 0.6 is 0 Å². The Morgan fingerprint density at radius 1 is 1.33 bits per heavy atom. The van der Waals surface area contributed by atoms with Crippen molar-refractivity contribution >= 4 is 18.3 Å². The number of halogens is 1. The summed E-state index contributed by atoms with van der Waals surface area (Å²) in [7, 11) is 1.70. The number of nitrogens with one attached hydrogen (secondary N) is 1. The van der Waals surface area contributed by atoms with Crippen molar-refractivity contribution in [2.75, 3.05) is 51.9 Å². The van der Waals surface area contributed by atoms with Crippen LogP contribution in [-0.2, 0) is 43.2 Å². The first-order valence-corrected chi connectivity index (χ1v) is 14.7. The SMILES string of the molecule is COc1cc(CCCCO[C@@H]2CCN(C(C(=O)O)c3cc(F)ccc3COC3(C)COC3)C2)nc2c1CCCN2.O=CO. The zero-order valence-corrected chi connectivity index (χ0v) is 24.9. The monoisotopic (exact) mass is 603 g/mol. The molecule has 0 bridgehead atoms. The van der Waals surface area contributed by atoms with E-state index in [1.165, 1.54) is 12.1 Å². The van der Waals surface area contributed by atoms with E-state index < -0.39 is 23.4 Å². The average Bonchev–Trinajstić information content (AvgIpc) is 3.43. The van der Waals surface area contributed by atoms with Crippen LogP contribution in [0.3, 0.4) is 0 Å². The van der Waals surface area contributed by atoms with E-state index in [9.17, 15) is 14.3 Å². The van der Waals surface area contributed by atoms with E-state index in [-0.39, 0.29) is 19.2 Å². The van der Waals surface area contributed by atoms with Gasteiger partial charge in [-0.3, -0.25) is 14.5 Å². The van der Waals surface area contributed by atoms with Crippen molar-refractivity contribution in [1.29, 1.82) is 0 Å². The molecular formula is C31H42FN3O8. The molecule has 3 aliphatic heterocycles. The van der Waals surface area contributed by atoms with Gasteiger partial charge in [0, 0.05) is 43.6 Å². The molecule has 2 saturated heterocycles. The fraction of sp³-hybridized carbons (Fsp3) is 0.581. The molecule has 3 aliphatic rings. The Kier molecular flexibility index (Phi) is 11.7. The topological polar surface area (TPSA) is 140 Å². The van der Waals surface area contributed by atoms with Gasteiger partial charge in [0.1, 0.15) is 29.0 Å². The third-order valence-electron chi connectivity index (χ3n) is 8.00. The second-order valence-corrected chi connectivity index (χ2v) is 11.3. The number of carbonyl (C=O) groups is 2. The van der Waals surface area contributed by atoms with E-state index >= 15 is 0 Å². The second-order valence-electron chi connectivity index (χ2n) is 11.3. The van der Waals surface area contributed by atoms with Gasteiger partial charge in [0.15, 0.2) is 0 Å². The molecule has 2 aromatic rings. The Hall–Kier alpha value is -3.32. The number of carboxylic acid groups (broad SMARTS) is 2. The third kappa shape index (κ3) is 8.62. The molecule has 5 rings (SSSR count). The molecule has 2 fully saturated rings. The highest BCUT2D eigenvalue weighted by Crippen LogP contribution is 2.33. The Bertz CT molecular complexity index is 1220. The molecule has 1 unspecified atom stereocenters. The van der Waals surface area contributed by atoms with E-state index in [4.69, 9.17) is 33.8 Å². The summed E-state index contributed by atoms with van der Waals surface area (Å²) in [4.78, 5) is 27.4. The second kappa shape index (κ2) is 15.4. The van der Waals surface area contributed by atoms with Crippen molar-refractivity contribution in [3.8, 4) is 5.75 Å². The zero-order valence-electron chi connectivity index (χ0n) is 24.9. The molecule has 12 heteroatoms. The molecule has 3 N–H and O–H groups in total. The van der Waals surface area contributed by atoms with Crippen molar-refractivity contribution in [3.63, 3.8) is 0 Å². The lowest BCUT2D eigenvalue weighted by molar-refractivity contribution is -0.204. The predicted octanol–water partition coefficient (Wildman–Crippen LogP) is 3.83. The van der Waals surface area contributed by atoms with Gasteiger partial charge in [-0.25, -0.2) is 9.37 Å². The zero-order chi connectivity index (χ0) is 30.8. The Morgan fingerprint density at radius 3 is 2.81 bits per heavy atom. The number of unbranched alkanes of at least 4 members (excludes halogenated alkanes) is 1. The number of methoxy groups -OCH3 is 1. The van der Waals surface area contributed by atoms with E-state index in [1.807, 2.05) is 17.9 Å². The van der Waals surface area contributed by atoms with Crippen molar-refractivity contribution in [2.24, 2.45) is 0 Å². The first-order valence-electron chi connectivity index (χ1n) is 14.7. The fourth-order valence-electron chi connectivity index (χ4n) is 5.71. The standard InChI is InChI=1S/C30H40FN3O6.CH2O2/c1-30(18-38-19-30)40-17-20-8-9-21(31)14-25(20)27(29(35)36)34-12-10-23(16-34)39-13-4-3-6-22-15-26(37-2)24-7-5-11-32-28(24)33-22;2-1-3/h8-9,14-15,23,27H,3-7,10-13,16-19H2,1-2H3,(H,32,33)(H,35,36);1H,(H,2,3)/t23-,27?;/m1./s1. The molecule has 0 amide bonds. The number of anilines is 1. The largest absolute Gasteiger partial charge is 0.496 e. The molecule has 11 nitrogen and oxygen atoms in total. The van der Waals surface area contributed by atoms with Crippen LogP contribution in [0.2, 0.25) is 0 Å². The Labute approximate surface area is 251 Å². The van der Waals surface area contributed by atoms with Gasteiger partial charge in [-0.1, -0.05) is 6.07 Å². The number of carboxylic acids is 1. The van der Waals surface area contributed by atoms with Gasteiger partial charge in [-0.2, -0.15) is 0 Å². The highest BCUT2D eigenvalue weighted by molar-refractivity contribution is 5.76. The maximum Gasteiger partial charge on any atom is 0.325 e. The summed E-state index contributed by atoms with van der Waals surface area (Å²) in [5.74, 6) is 0.377. The van der Waals surface area contributed by atoms with Gasteiger partial charge in [0.25, 0.3) is 6.47 Å². The number of fused-ring (bicyclic) bond motifs is 1. The Balaban J connectivity index is 0.00000135. The molecule has 236 valence electrons. The molecule has 1 aromatic carbocycles. The number of benzene rings is 1. The lowest BCUT2D eigenvalue weighted by Gasteiger charge is -2.38. The van der Waals surface area contributed by atoms with Gasteiger partial charge in [0.2, 0.25) is 0 Å². The molecule has 4 heterocycles. The third-order valence-corrected chi connectivity index (χ3v) is 8.00. The summed E-state index contributed by atoms with van der Waals surface area (Å²) in [6, 6.07) is 5.37. The van der Waals surface area contributed by atoms with Gasteiger partial charge in [-0.15, -0.1) is 0 Å². The number of aromatic nitrogens is 1. The predicted molar refractivity (Wildman–Crippen MR) is 156 cm³/mol. The van der Waals surface area contributed by atoms with Crippen LogP contribution in [0.15, 0.2) is 24.3 Å². The molecule has 0 aliphatic carbocycles. The normalized spacial score (nSPS) is 19.7. The molecule has 1 aromatic heterocycles. The first kappa shape index (κ1) is 32.6. The number of nitrogens with zero attached hydrogens (tertiary/aromatic N) is 2. The van der Waals surface area contributed by atoms with Crippen LogP contribution in [0, 0.1) is 5.82 Å². The maximum absolute atomic E-state index is 14.3. The molecule has 0 saturated carbocycles. The number of aliphatic carboxylic acids is 1. The van der Waals surface area contributed by atoms with Gasteiger partial charge >= 0.3 is 5.97 Å². The number of hydrogen-bond acceptors (Lipinski definition) is 9. The summed E-state index contributed by atoms with van der Waals surface area (Å²) in [5.41, 5.74) is 2.88. The van der Waals surface area contributed by atoms with Crippen molar-refractivity contribution in [1.82, 2.24) is 9.88 Å². The molecule has 0 spiro atoms. The van der Waals surface area contributed by atoms with Crippen molar-refractivity contribution in [3.05, 3.63) is 52.5 Å². The minimum atomic E-state index is -1.01. The molecular weight excluding hydrogens is 561 g/mol. The van der Waals surface area contributed by atoms with Crippen LogP contribution in [-0.4, -0.2) is 90.8 Å². The number of aryl methyl sites for hydroxylation is 1. The number of hydrogen-bond donors (Lipinski definition) is 3. The minimum Gasteiger partial charge on any atom is -0.496 e. The summed E-state index contributed by atoms with van der Waals surface area (Å²) >= 11 is 0. The summed E-state index contributed by atoms with van der Waals surface area (Å²) < 4.78 is 37.2. The average molecular weight is 604 g/mol. The van der Waals surface area contributed by atoms with Gasteiger partial charge in [-0.05, 0) is 68.7 Å². The summed E-state index contributed by atoms with van der Waals surface area (Å²) in [5, 5.41) is 20.4. The number of likely N-dealkylation sites (tertiary alicyclic amines) is 1. The minimum absolute atomic E-state index is 0.0627. The van der Waals surface area contributed by atoms with Crippen LogP contribution in [0.1, 0.15) is 61.0 Å². The Morgan fingerprint density at radius 2 is 2.12 bits per heavy atom. The number of ether oxygens (including phenoxy) is 4. The van der Waals surface area contributed by atoms with E-state index in [0.717, 1.165) is 67.9 Å².